The summed E-state index contributed by atoms with van der Waals surface area (Å²) in [5.74, 6) is 1.55. The van der Waals surface area contributed by atoms with E-state index in [0.29, 0.717) is 25.3 Å². The lowest BCUT2D eigenvalue weighted by molar-refractivity contribution is -0.144. The number of hydrogen-bond donors (Lipinski definition) is 0. The Balaban J connectivity index is 1.61. The van der Waals surface area contributed by atoms with E-state index in [1.54, 1.807) is 30.2 Å². The van der Waals surface area contributed by atoms with E-state index in [4.69, 9.17) is 4.74 Å². The number of methoxy groups -OCH3 is 1. The maximum absolute atomic E-state index is 13.6. The van der Waals surface area contributed by atoms with E-state index >= 15 is 0 Å². The highest BCUT2D eigenvalue weighted by atomic mass is 32.2. The number of carbonyl (C=O) groups is 2. The lowest BCUT2D eigenvalue weighted by Gasteiger charge is -2.33. The fourth-order valence-corrected chi connectivity index (χ4v) is 6.20. The lowest BCUT2D eigenvalue weighted by Crippen LogP contribution is -2.51. The van der Waals surface area contributed by atoms with E-state index in [2.05, 4.69) is 6.92 Å². The van der Waals surface area contributed by atoms with Crippen LogP contribution in [-0.2, 0) is 22.7 Å². The van der Waals surface area contributed by atoms with Crippen LogP contribution in [0.4, 0.5) is 0 Å². The van der Waals surface area contributed by atoms with Crippen molar-refractivity contribution in [1.29, 1.82) is 0 Å². The summed E-state index contributed by atoms with van der Waals surface area (Å²) in [6.45, 7) is 3.08. The molecule has 0 aliphatic carbocycles. The topological polar surface area (TPSA) is 49.9 Å². The second-order valence-electron chi connectivity index (χ2n) is 7.35. The summed E-state index contributed by atoms with van der Waals surface area (Å²) in [6, 6.07) is 11.4. The van der Waals surface area contributed by atoms with Gasteiger partial charge in [0.1, 0.15) is 11.8 Å². The highest BCUT2D eigenvalue weighted by Crippen LogP contribution is 2.47. The molecule has 4 rings (SSSR count). The van der Waals surface area contributed by atoms with Crippen LogP contribution in [0.25, 0.3) is 0 Å². The molecule has 148 valence electrons. The van der Waals surface area contributed by atoms with E-state index in [1.807, 2.05) is 51.6 Å². The molecular weight excluding hydrogens is 392 g/mol. The van der Waals surface area contributed by atoms with Gasteiger partial charge in [0.25, 0.3) is 0 Å². The van der Waals surface area contributed by atoms with Crippen molar-refractivity contribution in [3.8, 4) is 5.75 Å². The number of amides is 2. The predicted octanol–water partition coefficient (Wildman–Crippen LogP) is 3.74. The van der Waals surface area contributed by atoms with E-state index in [0.717, 1.165) is 22.6 Å². The maximum atomic E-state index is 13.6. The van der Waals surface area contributed by atoms with Crippen molar-refractivity contribution in [2.75, 3.05) is 12.9 Å². The predicted molar refractivity (Wildman–Crippen MR) is 112 cm³/mol. The van der Waals surface area contributed by atoms with Gasteiger partial charge in [-0.15, -0.1) is 23.1 Å². The minimum absolute atomic E-state index is 0.0192. The molecule has 0 spiro atoms. The van der Waals surface area contributed by atoms with Gasteiger partial charge in [-0.3, -0.25) is 9.59 Å². The molecule has 1 aromatic carbocycles. The number of nitrogens with zero attached hydrogens (tertiary/aromatic N) is 2. The molecule has 0 bridgehead atoms. The smallest absolute Gasteiger partial charge is 0.246 e. The fourth-order valence-electron chi connectivity index (χ4n) is 4.06. The van der Waals surface area contributed by atoms with Gasteiger partial charge in [-0.1, -0.05) is 24.3 Å². The van der Waals surface area contributed by atoms with E-state index < -0.39 is 0 Å². The van der Waals surface area contributed by atoms with Crippen molar-refractivity contribution in [1.82, 2.24) is 9.80 Å². The van der Waals surface area contributed by atoms with Crippen molar-refractivity contribution in [2.24, 2.45) is 0 Å². The molecule has 1 aromatic heterocycles. The summed E-state index contributed by atoms with van der Waals surface area (Å²) in [7, 11) is 1.65. The zero-order valence-electron chi connectivity index (χ0n) is 16.1. The molecule has 2 aromatic rings. The van der Waals surface area contributed by atoms with Gasteiger partial charge in [0.05, 0.1) is 18.5 Å². The zero-order valence-corrected chi connectivity index (χ0v) is 17.7. The Labute approximate surface area is 173 Å². The van der Waals surface area contributed by atoms with Gasteiger partial charge in [-0.05, 0) is 30.9 Å². The number of rotatable bonds is 6. The quantitative estimate of drug-likeness (QED) is 0.720. The molecule has 0 radical (unpaired) electrons. The van der Waals surface area contributed by atoms with Gasteiger partial charge in [0.15, 0.2) is 0 Å². The third kappa shape index (κ3) is 3.53. The Morgan fingerprint density at radius 1 is 1.29 bits per heavy atom. The standard InChI is InChI=1S/C21H24N2O3S2/c1-21-10-9-19(24)23(21)17(14-28-21)20(25)22(13-16-7-5-11-27-16)12-15-6-3-4-8-18(15)26-2/h3-8,11,17H,9-10,12-14H2,1-2H3. The minimum Gasteiger partial charge on any atom is -0.496 e. The molecule has 2 aliphatic rings. The molecule has 28 heavy (non-hydrogen) atoms. The number of hydrogen-bond acceptors (Lipinski definition) is 5. The summed E-state index contributed by atoms with van der Waals surface area (Å²) >= 11 is 3.37. The van der Waals surface area contributed by atoms with Gasteiger partial charge in [0.2, 0.25) is 11.8 Å². The van der Waals surface area contributed by atoms with Crippen molar-refractivity contribution in [2.45, 2.75) is 43.8 Å². The van der Waals surface area contributed by atoms with Crippen LogP contribution in [-0.4, -0.2) is 45.4 Å². The van der Waals surface area contributed by atoms with Crippen molar-refractivity contribution >= 4 is 34.9 Å². The Bertz CT molecular complexity index is 870. The third-order valence-corrected chi connectivity index (χ3v) is 7.89. The van der Waals surface area contributed by atoms with Crippen LogP contribution in [0.1, 0.15) is 30.2 Å². The largest absolute Gasteiger partial charge is 0.496 e. The Morgan fingerprint density at radius 2 is 2.11 bits per heavy atom. The van der Waals surface area contributed by atoms with Crippen LogP contribution in [0.5, 0.6) is 5.75 Å². The monoisotopic (exact) mass is 416 g/mol. The van der Waals surface area contributed by atoms with Crippen LogP contribution in [0.3, 0.4) is 0 Å². The molecule has 5 nitrogen and oxygen atoms in total. The van der Waals surface area contributed by atoms with E-state index in [-0.39, 0.29) is 22.7 Å². The first-order valence-corrected chi connectivity index (χ1v) is 11.3. The molecule has 0 N–H and O–H groups in total. The molecule has 0 saturated carbocycles. The summed E-state index contributed by atoms with van der Waals surface area (Å²) in [5.41, 5.74) is 0.969. The highest BCUT2D eigenvalue weighted by molar-refractivity contribution is 8.01. The first-order chi connectivity index (χ1) is 13.5. The zero-order chi connectivity index (χ0) is 19.7. The molecule has 7 heteroatoms. The van der Waals surface area contributed by atoms with Crippen LogP contribution in [0.2, 0.25) is 0 Å². The maximum Gasteiger partial charge on any atom is 0.246 e. The second kappa shape index (κ2) is 7.79. The number of carbonyl (C=O) groups excluding carboxylic acids is 2. The third-order valence-electron chi connectivity index (χ3n) is 5.52. The number of fused-ring (bicyclic) bond motifs is 1. The summed E-state index contributed by atoms with van der Waals surface area (Å²) in [6.07, 6.45) is 1.35. The van der Waals surface area contributed by atoms with Gasteiger partial charge < -0.3 is 14.5 Å². The number of para-hydroxylation sites is 1. The van der Waals surface area contributed by atoms with Gasteiger partial charge in [0, 0.05) is 29.2 Å². The van der Waals surface area contributed by atoms with Gasteiger partial charge in [-0.2, -0.15) is 0 Å². The lowest BCUT2D eigenvalue weighted by atomic mass is 10.1. The Kier molecular flexibility index (Phi) is 5.38. The number of thioether (sulfide) groups is 1. The summed E-state index contributed by atoms with van der Waals surface area (Å²) < 4.78 is 5.49. The van der Waals surface area contributed by atoms with Gasteiger partial charge in [-0.25, -0.2) is 0 Å². The highest BCUT2D eigenvalue weighted by Gasteiger charge is 2.53. The number of thiophene rings is 1. The summed E-state index contributed by atoms with van der Waals surface area (Å²) in [4.78, 5) is 30.7. The molecule has 2 aliphatic heterocycles. The van der Waals surface area contributed by atoms with Crippen molar-refractivity contribution < 1.29 is 14.3 Å². The Morgan fingerprint density at radius 3 is 2.86 bits per heavy atom. The van der Waals surface area contributed by atoms with Crippen molar-refractivity contribution in [3.05, 3.63) is 52.2 Å². The molecule has 2 fully saturated rings. The second-order valence-corrected chi connectivity index (χ2v) is 9.88. The first-order valence-electron chi connectivity index (χ1n) is 9.41. The molecule has 2 unspecified atom stereocenters. The molecular formula is C21H24N2O3S2. The minimum atomic E-state index is -0.389. The Hall–Kier alpha value is -1.99. The van der Waals surface area contributed by atoms with Crippen LogP contribution in [0, 0.1) is 0 Å². The van der Waals surface area contributed by atoms with Crippen molar-refractivity contribution in [3.63, 3.8) is 0 Å². The fraction of sp³-hybridized carbons (Fsp3) is 0.429. The van der Waals surface area contributed by atoms with E-state index in [9.17, 15) is 9.59 Å². The molecule has 2 atom stereocenters. The van der Waals surface area contributed by atoms with E-state index in [1.165, 1.54) is 0 Å². The van der Waals surface area contributed by atoms with Crippen LogP contribution in [0.15, 0.2) is 41.8 Å². The first kappa shape index (κ1) is 19.3. The normalized spacial score (nSPS) is 23.7. The average molecular weight is 417 g/mol. The molecule has 2 saturated heterocycles. The number of ether oxygens (including phenoxy) is 1. The summed E-state index contributed by atoms with van der Waals surface area (Å²) in [5, 5.41) is 2.02. The average Bonchev–Trinajstić information content (AvgIpc) is 3.39. The molecule has 3 heterocycles. The van der Waals surface area contributed by atoms with Crippen LogP contribution >= 0.6 is 23.1 Å². The van der Waals surface area contributed by atoms with Crippen LogP contribution < -0.4 is 4.74 Å². The molecule has 2 amide bonds. The van der Waals surface area contributed by atoms with Gasteiger partial charge >= 0.3 is 0 Å². The number of benzene rings is 1. The SMILES string of the molecule is COc1ccccc1CN(Cc1cccs1)C(=O)C1CSC2(C)CCC(=O)N12.